The van der Waals surface area contributed by atoms with Gasteiger partial charge < -0.3 is 10.1 Å². The van der Waals surface area contributed by atoms with Crippen molar-refractivity contribution in [2.24, 2.45) is 0 Å². The molecule has 0 saturated carbocycles. The van der Waals surface area contributed by atoms with Gasteiger partial charge >= 0.3 is 0 Å². The summed E-state index contributed by atoms with van der Waals surface area (Å²) in [5.74, 6) is 1.52. The van der Waals surface area contributed by atoms with Crippen molar-refractivity contribution in [2.45, 2.75) is 24.7 Å². The summed E-state index contributed by atoms with van der Waals surface area (Å²) in [6, 6.07) is 11.0. The highest BCUT2D eigenvalue weighted by Gasteiger charge is 2.19. The summed E-state index contributed by atoms with van der Waals surface area (Å²) in [7, 11) is 1.67. The first-order chi connectivity index (χ1) is 11.0. The number of nitrogens with zero attached hydrogens (tertiary/aromatic N) is 1. The molecule has 23 heavy (non-hydrogen) atoms. The molecule has 122 valence electrons. The third-order valence-corrected chi connectivity index (χ3v) is 4.27. The van der Waals surface area contributed by atoms with Crippen LogP contribution in [0.1, 0.15) is 25.3 Å². The van der Waals surface area contributed by atoms with E-state index in [0.29, 0.717) is 17.4 Å². The highest BCUT2D eigenvalue weighted by Crippen LogP contribution is 2.40. The van der Waals surface area contributed by atoms with Gasteiger partial charge in [0, 0.05) is 7.05 Å². The Balaban J connectivity index is 2.51. The molecule has 2 rings (SSSR count). The predicted molar refractivity (Wildman–Crippen MR) is 95.0 cm³/mol. The van der Waals surface area contributed by atoms with Crippen molar-refractivity contribution in [3.63, 3.8) is 0 Å². The summed E-state index contributed by atoms with van der Waals surface area (Å²) in [6.45, 7) is 4.18. The molecule has 0 aliphatic heterocycles. The van der Waals surface area contributed by atoms with Crippen LogP contribution in [0.4, 0.5) is 11.4 Å². The topological polar surface area (TPSA) is 64.4 Å². The lowest BCUT2D eigenvalue weighted by molar-refractivity contribution is -0.384. The molecular weight excluding hydrogens is 312 g/mol. The number of hydrogen-bond donors (Lipinski definition) is 1. The minimum absolute atomic E-state index is 0.00216. The first-order valence-electron chi connectivity index (χ1n) is 7.28. The minimum Gasteiger partial charge on any atom is -0.456 e. The summed E-state index contributed by atoms with van der Waals surface area (Å²) < 4.78 is 6.03. The van der Waals surface area contributed by atoms with E-state index in [4.69, 9.17) is 4.74 Å². The third kappa shape index (κ3) is 3.76. The summed E-state index contributed by atoms with van der Waals surface area (Å²) in [5.41, 5.74) is 1.55. The molecule has 0 aliphatic carbocycles. The lowest BCUT2D eigenvalue weighted by Gasteiger charge is -2.16. The molecule has 0 bridgehead atoms. The summed E-state index contributed by atoms with van der Waals surface area (Å²) in [6.07, 6.45) is 1.92. The minimum atomic E-state index is -0.406. The average molecular weight is 332 g/mol. The fraction of sp³-hybridized carbons (Fsp3) is 0.294. The fourth-order valence-corrected chi connectivity index (χ4v) is 2.85. The summed E-state index contributed by atoms with van der Waals surface area (Å²) >= 11 is 1.49. The van der Waals surface area contributed by atoms with E-state index in [1.807, 2.05) is 30.5 Å². The average Bonchev–Trinajstić information content (AvgIpc) is 2.54. The quantitative estimate of drug-likeness (QED) is 0.443. The molecule has 2 aromatic rings. The van der Waals surface area contributed by atoms with Crippen molar-refractivity contribution in [1.82, 2.24) is 0 Å². The molecule has 0 aliphatic rings. The molecule has 0 radical (unpaired) electrons. The standard InChI is InChI=1S/C17H20N2O3S/c1-11(2)12-7-5-6-8-15(12)22-16-10-14(19(20)21)13(18-3)9-17(16)23-4/h5-11,18H,1-4H3. The predicted octanol–water partition coefficient (Wildman–Crippen LogP) is 5.27. The number of benzene rings is 2. The molecule has 0 saturated heterocycles. The van der Waals surface area contributed by atoms with E-state index in [1.54, 1.807) is 13.1 Å². The Morgan fingerprint density at radius 2 is 1.91 bits per heavy atom. The SMILES string of the molecule is CNc1cc(SC)c(Oc2ccccc2C(C)C)cc1[N+](=O)[O-]. The maximum atomic E-state index is 11.3. The van der Waals surface area contributed by atoms with Gasteiger partial charge in [0.05, 0.1) is 15.9 Å². The molecule has 5 nitrogen and oxygen atoms in total. The summed E-state index contributed by atoms with van der Waals surface area (Å²) in [5, 5.41) is 14.1. The largest absolute Gasteiger partial charge is 0.456 e. The molecule has 0 amide bonds. The van der Waals surface area contributed by atoms with Gasteiger partial charge in [-0.25, -0.2) is 0 Å². The number of nitrogens with one attached hydrogen (secondary N) is 1. The molecule has 1 N–H and O–H groups in total. The first-order valence-corrected chi connectivity index (χ1v) is 8.51. The Morgan fingerprint density at radius 1 is 1.22 bits per heavy atom. The number of nitro groups is 1. The Labute approximate surface area is 140 Å². The zero-order valence-electron chi connectivity index (χ0n) is 13.6. The molecular formula is C17H20N2O3S. The fourth-order valence-electron chi connectivity index (χ4n) is 2.31. The van der Waals surface area contributed by atoms with Crippen molar-refractivity contribution in [3.8, 4) is 11.5 Å². The zero-order valence-corrected chi connectivity index (χ0v) is 14.4. The molecule has 2 aromatic carbocycles. The van der Waals surface area contributed by atoms with Crippen LogP contribution in [0.15, 0.2) is 41.3 Å². The number of hydrogen-bond acceptors (Lipinski definition) is 5. The van der Waals surface area contributed by atoms with Crippen molar-refractivity contribution < 1.29 is 9.66 Å². The van der Waals surface area contributed by atoms with E-state index in [-0.39, 0.29) is 5.69 Å². The van der Waals surface area contributed by atoms with Crippen molar-refractivity contribution in [3.05, 3.63) is 52.1 Å². The zero-order chi connectivity index (χ0) is 17.0. The highest BCUT2D eigenvalue weighted by atomic mass is 32.2. The van der Waals surface area contributed by atoms with Crippen LogP contribution in [-0.2, 0) is 0 Å². The van der Waals surface area contributed by atoms with Crippen LogP contribution in [-0.4, -0.2) is 18.2 Å². The van der Waals surface area contributed by atoms with Gasteiger partial charge in [-0.2, -0.15) is 0 Å². The van der Waals surface area contributed by atoms with Gasteiger partial charge in [0.25, 0.3) is 5.69 Å². The lowest BCUT2D eigenvalue weighted by Crippen LogP contribution is -1.99. The van der Waals surface area contributed by atoms with Crippen LogP contribution in [0.25, 0.3) is 0 Å². The Kier molecular flexibility index (Phi) is 5.50. The van der Waals surface area contributed by atoms with Crippen LogP contribution in [0, 0.1) is 10.1 Å². The van der Waals surface area contributed by atoms with Crippen molar-refractivity contribution >= 4 is 23.1 Å². The van der Waals surface area contributed by atoms with E-state index in [1.165, 1.54) is 17.8 Å². The second-order valence-electron chi connectivity index (χ2n) is 5.32. The van der Waals surface area contributed by atoms with E-state index in [9.17, 15) is 10.1 Å². The van der Waals surface area contributed by atoms with Crippen LogP contribution in [0.2, 0.25) is 0 Å². The van der Waals surface area contributed by atoms with E-state index >= 15 is 0 Å². The molecule has 0 spiro atoms. The van der Waals surface area contributed by atoms with Gasteiger partial charge in [0.15, 0.2) is 0 Å². The molecule has 0 unspecified atom stereocenters. The van der Waals surface area contributed by atoms with Gasteiger partial charge in [-0.1, -0.05) is 32.0 Å². The number of ether oxygens (including phenoxy) is 1. The molecule has 0 fully saturated rings. The molecule has 6 heteroatoms. The normalized spacial score (nSPS) is 10.7. The van der Waals surface area contributed by atoms with Crippen LogP contribution in [0.3, 0.4) is 0 Å². The van der Waals surface area contributed by atoms with Gasteiger partial charge in [0.2, 0.25) is 0 Å². The highest BCUT2D eigenvalue weighted by molar-refractivity contribution is 7.98. The number of anilines is 1. The van der Waals surface area contributed by atoms with Gasteiger partial charge in [-0.15, -0.1) is 11.8 Å². The maximum Gasteiger partial charge on any atom is 0.296 e. The maximum absolute atomic E-state index is 11.3. The summed E-state index contributed by atoms with van der Waals surface area (Å²) in [4.78, 5) is 11.7. The van der Waals surface area contributed by atoms with E-state index in [2.05, 4.69) is 19.2 Å². The number of thioether (sulfide) groups is 1. The van der Waals surface area contributed by atoms with Crippen LogP contribution < -0.4 is 10.1 Å². The monoisotopic (exact) mass is 332 g/mol. The molecule has 0 atom stereocenters. The van der Waals surface area contributed by atoms with Crippen LogP contribution in [0.5, 0.6) is 11.5 Å². The second-order valence-corrected chi connectivity index (χ2v) is 6.17. The van der Waals surface area contributed by atoms with Gasteiger partial charge in [-0.05, 0) is 29.9 Å². The molecule has 0 heterocycles. The van der Waals surface area contributed by atoms with Crippen LogP contribution >= 0.6 is 11.8 Å². The smallest absolute Gasteiger partial charge is 0.296 e. The lowest BCUT2D eigenvalue weighted by atomic mass is 10.0. The van der Waals surface area contributed by atoms with Crippen molar-refractivity contribution in [1.29, 1.82) is 0 Å². The number of para-hydroxylation sites is 1. The number of rotatable bonds is 6. The molecule has 0 aromatic heterocycles. The third-order valence-electron chi connectivity index (χ3n) is 3.51. The Bertz CT molecular complexity index is 717. The van der Waals surface area contributed by atoms with E-state index in [0.717, 1.165) is 16.2 Å². The first kappa shape index (κ1) is 17.1. The Morgan fingerprint density at radius 3 is 2.48 bits per heavy atom. The van der Waals surface area contributed by atoms with Gasteiger partial charge in [0.1, 0.15) is 17.2 Å². The van der Waals surface area contributed by atoms with Gasteiger partial charge in [-0.3, -0.25) is 10.1 Å². The van der Waals surface area contributed by atoms with E-state index < -0.39 is 4.92 Å². The second kappa shape index (κ2) is 7.37. The Hall–Kier alpha value is -2.21. The number of nitro benzene ring substituents is 1. The van der Waals surface area contributed by atoms with Crippen molar-refractivity contribution in [2.75, 3.05) is 18.6 Å².